The minimum absolute atomic E-state index is 0.0134. The molecule has 3 aromatic carbocycles. The molecule has 3 heterocycles. The van der Waals surface area contributed by atoms with Crippen molar-refractivity contribution < 1.29 is 99.6 Å². The lowest BCUT2D eigenvalue weighted by atomic mass is 9.89. The van der Waals surface area contributed by atoms with Crippen LogP contribution in [0, 0.1) is 27.9 Å². The third-order valence-corrected chi connectivity index (χ3v) is 16.2. The number of nitro benzene ring substituents is 1. The quantitative estimate of drug-likeness (QED) is 0.0162. The molecular formula is C46H42Cl2N4O25P3-. The van der Waals surface area contributed by atoms with E-state index in [0.29, 0.717) is 0 Å². The number of benzene rings is 4. The zero-order chi connectivity index (χ0) is 58.9. The molecule has 6 atom stereocenters. The molecule has 2 aliphatic heterocycles. The molecule has 1 fully saturated rings. The highest BCUT2D eigenvalue weighted by Gasteiger charge is 2.43. The van der Waals surface area contributed by atoms with Gasteiger partial charge in [0, 0.05) is 46.3 Å². The van der Waals surface area contributed by atoms with Crippen molar-refractivity contribution >= 4 is 75.2 Å². The van der Waals surface area contributed by atoms with Crippen LogP contribution in [0.4, 0.5) is 5.69 Å². The number of nitrogens with one attached hydrogen (secondary N) is 2. The molecule has 3 aliphatic rings. The number of aliphatic hydroxyl groups is 1. The second-order valence-corrected chi connectivity index (χ2v) is 22.5. The van der Waals surface area contributed by atoms with E-state index in [9.17, 15) is 72.9 Å². The highest BCUT2D eigenvalue weighted by atomic mass is 35.5. The van der Waals surface area contributed by atoms with Gasteiger partial charge in [-0.3, -0.25) is 38.6 Å². The Bertz CT molecular complexity index is 3850. The summed E-state index contributed by atoms with van der Waals surface area (Å²) in [6, 6.07) is 10.0. The maximum absolute atomic E-state index is 13.7. The van der Waals surface area contributed by atoms with E-state index in [1.54, 1.807) is 13.8 Å². The molecule has 7 rings (SSSR count). The number of ether oxygens (including phenoxy) is 4. The summed E-state index contributed by atoms with van der Waals surface area (Å²) in [4.78, 5) is 116. The normalized spacial score (nSPS) is 17.3. The largest absolute Gasteiger partial charge is 0.869 e. The van der Waals surface area contributed by atoms with Gasteiger partial charge in [-0.2, -0.15) is 8.62 Å². The second kappa shape index (κ2) is 24.1. The number of carboxylic acid groups (broad SMARTS) is 1. The first-order valence-corrected chi connectivity index (χ1v) is 27.9. The van der Waals surface area contributed by atoms with Crippen molar-refractivity contribution in [2.45, 2.75) is 51.4 Å². The Morgan fingerprint density at radius 3 is 2.30 bits per heavy atom. The predicted octanol–water partition coefficient (Wildman–Crippen LogP) is 5.11. The van der Waals surface area contributed by atoms with Crippen molar-refractivity contribution in [1.82, 2.24) is 14.9 Å². The van der Waals surface area contributed by atoms with Crippen LogP contribution in [0.2, 0.25) is 10.0 Å². The average Bonchev–Trinajstić information content (AvgIpc) is 3.74. The van der Waals surface area contributed by atoms with E-state index in [1.165, 1.54) is 50.6 Å². The molecule has 8 N–H and O–H groups in total. The number of phosphoric acid groups is 3. The standard InChI is InChI=1S/C46H43Cl2N4O25P3/c1-20(2)40(72-18-23-17-51(46(60)50-44(23)57)34-16-30(53)33(74-34)19-73-79(66,67)77-80(68,69)76-78(63,64)65)25-9-7-21(12-29(25)52(61)62)6-5-11-49-43(56)22-8-10-24(45(58)59)26(13-22)35-27-14-31(70-3)38(54)36(47)41(27)75-42-28(35)15-32(71-4)39(55)37(42)48/h7-10,12-15,17,20,30,33-34,40,53-54H,11,16,18-19H2,1-4H3,(H,49,56)(H,58,59)(H,66,67)(H,68,69)(H,50,57,60)(H2,63,64,65)/p-1/t30?,33-,34-,40?/m1/s1. The van der Waals surface area contributed by atoms with Gasteiger partial charge in [-0.15, -0.1) is 0 Å². The first-order valence-electron chi connectivity index (χ1n) is 22.7. The summed E-state index contributed by atoms with van der Waals surface area (Å²) in [6.45, 7) is 1.37. The Balaban J connectivity index is 1.08. The number of aromatic nitrogens is 2. The molecule has 1 aromatic heterocycles. The average molecular weight is 1210 g/mol. The van der Waals surface area contributed by atoms with Crippen molar-refractivity contribution in [3.8, 4) is 51.5 Å². The number of carbonyl (C=O) groups is 2. The van der Waals surface area contributed by atoms with Gasteiger partial charge in [0.1, 0.15) is 23.1 Å². The number of aromatic carboxylic acids is 1. The van der Waals surface area contributed by atoms with E-state index in [0.717, 1.165) is 22.9 Å². The van der Waals surface area contributed by atoms with Gasteiger partial charge in [-0.05, 0) is 59.7 Å². The Morgan fingerprint density at radius 1 is 0.963 bits per heavy atom. The molecule has 0 saturated carbocycles. The number of nitro groups is 1. The van der Waals surface area contributed by atoms with Gasteiger partial charge < -0.3 is 63.6 Å². The van der Waals surface area contributed by atoms with E-state index in [2.05, 4.69) is 35.3 Å². The number of fused-ring (bicyclic) bond motifs is 2. The molecule has 0 bridgehead atoms. The van der Waals surface area contributed by atoms with E-state index in [4.69, 9.17) is 56.4 Å². The van der Waals surface area contributed by atoms with E-state index < -0.39 is 129 Å². The predicted molar refractivity (Wildman–Crippen MR) is 274 cm³/mol. The zero-order valence-electron chi connectivity index (χ0n) is 41.3. The van der Waals surface area contributed by atoms with Gasteiger partial charge in [0.15, 0.2) is 17.1 Å². The highest BCUT2D eigenvalue weighted by Crippen LogP contribution is 2.66. The number of halogens is 2. The van der Waals surface area contributed by atoms with Crippen molar-refractivity contribution in [3.63, 3.8) is 0 Å². The minimum atomic E-state index is -5.86. The number of phosphoric ester groups is 1. The minimum Gasteiger partial charge on any atom is -0.869 e. The zero-order valence-corrected chi connectivity index (χ0v) is 45.5. The summed E-state index contributed by atoms with van der Waals surface area (Å²) in [7, 11) is -14.8. The SMILES string of the molecule is COc1cc2c(-c3cc(C(=O)NCC#Cc4ccc(C(OCc5cn([C@H]6CC(O)[C@@H](COP(=O)(O)OP(=O)(O)OP(=O)(O)O)O6)c(=O)[nH]c5=O)C(C)C)c([N+](=O)[O-])c4)ccc3C(=O)O)c3cc(OC)c(=O)c(Cl)c-3oc2c(Cl)c1[O-]. The lowest BCUT2D eigenvalue weighted by Gasteiger charge is -2.22. The van der Waals surface area contributed by atoms with Gasteiger partial charge >= 0.3 is 35.1 Å². The summed E-state index contributed by atoms with van der Waals surface area (Å²) in [5.74, 6) is 1.14. The Morgan fingerprint density at radius 2 is 1.66 bits per heavy atom. The van der Waals surface area contributed by atoms with Gasteiger partial charge in [0.2, 0.25) is 5.43 Å². The maximum atomic E-state index is 13.7. The van der Waals surface area contributed by atoms with Crippen LogP contribution in [0.1, 0.15) is 70.0 Å². The maximum Gasteiger partial charge on any atom is 0.490 e. The van der Waals surface area contributed by atoms with E-state index >= 15 is 0 Å². The topological polar surface area (TPSA) is 435 Å². The Labute approximate surface area is 458 Å². The summed E-state index contributed by atoms with van der Waals surface area (Å²) in [6.07, 6.45) is -4.93. The Kier molecular flexibility index (Phi) is 18.3. The number of rotatable bonds is 20. The van der Waals surface area contributed by atoms with Crippen molar-refractivity contribution in [2.24, 2.45) is 5.92 Å². The second-order valence-electron chi connectivity index (χ2n) is 17.4. The van der Waals surface area contributed by atoms with E-state index in [1.807, 2.05) is 0 Å². The molecule has 1 amide bonds. The molecule has 29 nitrogen and oxygen atoms in total. The molecule has 4 unspecified atom stereocenters. The fraction of sp³-hybridized carbons (Fsp3) is 0.283. The highest BCUT2D eigenvalue weighted by molar-refractivity contribution is 7.66. The van der Waals surface area contributed by atoms with Crippen LogP contribution in [0.25, 0.3) is 33.4 Å². The summed E-state index contributed by atoms with van der Waals surface area (Å²) in [5.41, 5.74) is -4.07. The number of carbonyl (C=O) groups excluding carboxylic acids is 1. The summed E-state index contributed by atoms with van der Waals surface area (Å²) >= 11 is 12.9. The van der Waals surface area contributed by atoms with Crippen LogP contribution in [-0.4, -0.2) is 95.7 Å². The third-order valence-electron chi connectivity index (χ3n) is 11.8. The number of methoxy groups -OCH3 is 2. The number of aliphatic hydroxyl groups excluding tert-OH is 1. The van der Waals surface area contributed by atoms with Crippen LogP contribution in [-0.2, 0) is 42.9 Å². The van der Waals surface area contributed by atoms with Gasteiger partial charge in [-0.25, -0.2) is 23.3 Å². The number of H-pyrrole nitrogens is 1. The number of hydrogen-bond acceptors (Lipinski definition) is 20. The fourth-order valence-electron chi connectivity index (χ4n) is 8.24. The first-order chi connectivity index (χ1) is 37.4. The van der Waals surface area contributed by atoms with Crippen molar-refractivity contribution in [1.29, 1.82) is 0 Å². The van der Waals surface area contributed by atoms with Crippen LogP contribution >= 0.6 is 46.7 Å². The van der Waals surface area contributed by atoms with Gasteiger partial charge in [0.25, 0.3) is 17.2 Å². The van der Waals surface area contributed by atoms with Gasteiger partial charge in [-0.1, -0.05) is 48.9 Å². The first kappa shape index (κ1) is 60.8. The van der Waals surface area contributed by atoms with E-state index in [-0.39, 0.29) is 79.3 Å². The molecule has 0 radical (unpaired) electrons. The smallest absolute Gasteiger partial charge is 0.490 e. The fourth-order valence-corrected chi connectivity index (χ4v) is 11.7. The van der Waals surface area contributed by atoms with Gasteiger partial charge in [0.05, 0.1) is 72.8 Å². The van der Waals surface area contributed by atoms with Crippen molar-refractivity contribution in [3.05, 3.63) is 134 Å². The van der Waals surface area contributed by atoms with Crippen LogP contribution in [0.3, 0.4) is 0 Å². The molecular weight excluding hydrogens is 1170 g/mol. The summed E-state index contributed by atoms with van der Waals surface area (Å²) < 4.78 is 75.4. The molecule has 1 aliphatic carbocycles. The molecule has 426 valence electrons. The molecule has 1 saturated heterocycles. The van der Waals surface area contributed by atoms with Crippen molar-refractivity contribution in [2.75, 3.05) is 27.4 Å². The number of nitrogens with zero attached hydrogens (tertiary/aromatic N) is 2. The number of hydrogen-bond donors (Lipinski definition) is 8. The lowest BCUT2D eigenvalue weighted by molar-refractivity contribution is -0.386. The molecule has 4 aromatic rings. The lowest BCUT2D eigenvalue weighted by Crippen LogP contribution is -2.34. The van der Waals surface area contributed by atoms with Crippen LogP contribution < -0.4 is 36.6 Å². The molecule has 34 heteroatoms. The third kappa shape index (κ3) is 13.5. The number of amides is 1. The van der Waals surface area contributed by atoms with Crippen LogP contribution in [0.5, 0.6) is 17.2 Å². The molecule has 0 spiro atoms. The summed E-state index contributed by atoms with van der Waals surface area (Å²) in [5, 5.41) is 48.1. The number of carboxylic acids is 1. The Hall–Kier alpha value is -6.80. The monoisotopic (exact) mass is 1210 g/mol. The molecule has 80 heavy (non-hydrogen) atoms. The number of aromatic amines is 1. The van der Waals surface area contributed by atoms with Crippen LogP contribution in [0.15, 0.2) is 73.5 Å².